The summed E-state index contributed by atoms with van der Waals surface area (Å²) in [7, 11) is 1.65. The molecule has 0 bridgehead atoms. The summed E-state index contributed by atoms with van der Waals surface area (Å²) in [5, 5.41) is 9.43. The van der Waals surface area contributed by atoms with Gasteiger partial charge in [0.15, 0.2) is 0 Å². The van der Waals surface area contributed by atoms with E-state index >= 15 is 0 Å². The monoisotopic (exact) mass is 500 g/mol. The topological polar surface area (TPSA) is 94.1 Å². The van der Waals surface area contributed by atoms with Gasteiger partial charge in [0.2, 0.25) is 0 Å². The van der Waals surface area contributed by atoms with Crippen LogP contribution in [0.2, 0.25) is 0 Å². The number of nitrogens with one attached hydrogen (secondary N) is 1. The third-order valence-corrected chi connectivity index (χ3v) is 8.75. The molecule has 2 atom stereocenters. The van der Waals surface area contributed by atoms with Gasteiger partial charge in [-0.3, -0.25) is 0 Å². The van der Waals surface area contributed by atoms with Crippen molar-refractivity contribution in [3.05, 3.63) is 64.7 Å². The van der Waals surface area contributed by atoms with Crippen LogP contribution in [0.15, 0.2) is 42.5 Å². The van der Waals surface area contributed by atoms with E-state index in [9.17, 15) is 14.5 Å². The van der Waals surface area contributed by atoms with Gasteiger partial charge in [0.1, 0.15) is 10.5 Å². The lowest BCUT2D eigenvalue weighted by atomic mass is 9.73. The maximum absolute atomic E-state index is 13.2. The second kappa shape index (κ2) is 10.4. The highest BCUT2D eigenvalue weighted by molar-refractivity contribution is 7.90. The Morgan fingerprint density at radius 2 is 1.77 bits per heavy atom. The van der Waals surface area contributed by atoms with Gasteiger partial charge in [-0.15, -0.1) is 4.72 Å². The first kappa shape index (κ1) is 25.8. The maximum atomic E-state index is 13.2. The molecule has 1 aliphatic carbocycles. The lowest BCUT2D eigenvalue weighted by molar-refractivity contribution is 0.0763. The number of likely N-dealkylation sites (tertiary alicyclic amines) is 1. The average molecular weight is 501 g/mol. The zero-order valence-electron chi connectivity index (χ0n) is 21.0. The number of amides is 1. The molecular formula is C27H36N2O5S. The zero-order valence-corrected chi connectivity index (χ0v) is 21.8. The largest absolute Gasteiger partial charge is 0.598 e. The van der Waals surface area contributed by atoms with Crippen molar-refractivity contribution >= 4 is 17.5 Å². The van der Waals surface area contributed by atoms with Crippen LogP contribution in [-0.2, 0) is 35.7 Å². The Morgan fingerprint density at radius 1 is 1.14 bits per heavy atom. The van der Waals surface area contributed by atoms with E-state index in [-0.39, 0.29) is 11.5 Å². The van der Waals surface area contributed by atoms with E-state index in [1.165, 1.54) is 10.5 Å². The summed E-state index contributed by atoms with van der Waals surface area (Å²) < 4.78 is 27.4. The third-order valence-electron chi connectivity index (χ3n) is 7.18. The van der Waals surface area contributed by atoms with Crippen molar-refractivity contribution in [2.24, 2.45) is 5.41 Å². The Balaban J connectivity index is 1.51. The van der Waals surface area contributed by atoms with Gasteiger partial charge in [0, 0.05) is 29.9 Å². The predicted molar refractivity (Wildman–Crippen MR) is 137 cm³/mol. The normalized spacial score (nSPS) is 20.0. The summed E-state index contributed by atoms with van der Waals surface area (Å²) >= 11 is -1.24. The van der Waals surface area contributed by atoms with Crippen LogP contribution >= 0.6 is 0 Å². The van der Waals surface area contributed by atoms with Crippen LogP contribution in [0.5, 0.6) is 5.75 Å². The van der Waals surface area contributed by atoms with Crippen molar-refractivity contribution in [3.8, 4) is 5.75 Å². The van der Waals surface area contributed by atoms with Gasteiger partial charge in [-0.1, -0.05) is 30.3 Å². The Kier molecular flexibility index (Phi) is 7.66. The molecule has 0 saturated carbocycles. The molecule has 1 heterocycles. The van der Waals surface area contributed by atoms with Crippen molar-refractivity contribution in [3.63, 3.8) is 0 Å². The molecule has 1 unspecified atom stereocenters. The smallest absolute Gasteiger partial charge is 0.407 e. The second-order valence-corrected chi connectivity index (χ2v) is 12.6. The number of ether oxygens (including phenoxy) is 2. The SMILES string of the molecule is COc1ccc(COCc2ccc3c(c2)[C@@H](N[S+]([O-])C(C)(C)C)C2(CCN(C(=O)O)CC2)C3)cc1. The van der Waals surface area contributed by atoms with Gasteiger partial charge in [-0.2, -0.15) is 0 Å². The number of fused-ring (bicyclic) bond motifs is 1. The number of hydrogen-bond acceptors (Lipinski definition) is 5. The minimum Gasteiger partial charge on any atom is -0.598 e. The van der Waals surface area contributed by atoms with Crippen LogP contribution in [0.1, 0.15) is 61.9 Å². The molecule has 2 aromatic carbocycles. The lowest BCUT2D eigenvalue weighted by Gasteiger charge is -2.43. The molecule has 1 aliphatic heterocycles. The number of carboxylic acid groups (broad SMARTS) is 1. The Morgan fingerprint density at radius 3 is 2.37 bits per heavy atom. The fraction of sp³-hybridized carbons (Fsp3) is 0.519. The minimum absolute atomic E-state index is 0.0879. The maximum Gasteiger partial charge on any atom is 0.407 e. The molecule has 2 N–H and O–H groups in total. The minimum atomic E-state index is -1.24. The molecule has 2 aliphatic rings. The van der Waals surface area contributed by atoms with E-state index in [4.69, 9.17) is 9.47 Å². The van der Waals surface area contributed by atoms with Crippen LogP contribution in [0.3, 0.4) is 0 Å². The number of nitrogens with zero attached hydrogens (tertiary/aromatic N) is 1. The van der Waals surface area contributed by atoms with Gasteiger partial charge >= 0.3 is 6.09 Å². The van der Waals surface area contributed by atoms with Gasteiger partial charge in [-0.25, -0.2) is 4.79 Å². The van der Waals surface area contributed by atoms with Crippen LogP contribution < -0.4 is 9.46 Å². The summed E-state index contributed by atoms with van der Waals surface area (Å²) in [6.45, 7) is 7.89. The average Bonchev–Trinajstić information content (AvgIpc) is 3.11. The number of hydrogen-bond donors (Lipinski definition) is 2. The van der Waals surface area contributed by atoms with E-state index in [1.807, 2.05) is 45.0 Å². The van der Waals surface area contributed by atoms with Gasteiger partial charge in [-0.05, 0) is 74.4 Å². The van der Waals surface area contributed by atoms with Crippen LogP contribution in [0.4, 0.5) is 4.79 Å². The second-order valence-electron chi connectivity index (χ2n) is 10.6. The first-order valence-corrected chi connectivity index (χ1v) is 13.2. The molecular weight excluding hydrogens is 464 g/mol. The molecule has 190 valence electrons. The fourth-order valence-electron chi connectivity index (χ4n) is 5.06. The highest BCUT2D eigenvalue weighted by atomic mass is 32.2. The number of methoxy groups -OCH3 is 1. The summed E-state index contributed by atoms with van der Waals surface area (Å²) in [6.07, 6.45) is 1.49. The molecule has 1 amide bonds. The van der Waals surface area contributed by atoms with E-state index in [0.717, 1.165) is 41.7 Å². The summed E-state index contributed by atoms with van der Waals surface area (Å²) in [4.78, 5) is 13.0. The van der Waals surface area contributed by atoms with E-state index in [1.54, 1.807) is 7.11 Å². The first-order valence-electron chi connectivity index (χ1n) is 12.1. The Hall–Kier alpha value is -2.26. The molecule has 2 aromatic rings. The fourth-order valence-corrected chi connectivity index (χ4v) is 6.01. The molecule has 1 fully saturated rings. The quantitative estimate of drug-likeness (QED) is 0.530. The Labute approximate surface area is 211 Å². The Bertz CT molecular complexity index is 1030. The van der Waals surface area contributed by atoms with E-state index in [0.29, 0.717) is 26.3 Å². The highest BCUT2D eigenvalue weighted by Crippen LogP contribution is 2.52. The molecule has 0 aromatic heterocycles. The number of carbonyl (C=O) groups is 1. The molecule has 35 heavy (non-hydrogen) atoms. The van der Waals surface area contributed by atoms with Crippen molar-refractivity contribution in [2.75, 3.05) is 20.2 Å². The van der Waals surface area contributed by atoms with Gasteiger partial charge in [0.05, 0.1) is 26.4 Å². The molecule has 8 heteroatoms. The van der Waals surface area contributed by atoms with Crippen molar-refractivity contribution in [2.45, 2.75) is 64.0 Å². The van der Waals surface area contributed by atoms with Crippen LogP contribution in [0.25, 0.3) is 0 Å². The van der Waals surface area contributed by atoms with Gasteiger partial charge in [0.25, 0.3) is 0 Å². The molecule has 1 spiro atoms. The van der Waals surface area contributed by atoms with Crippen LogP contribution in [-0.4, -0.2) is 45.6 Å². The third kappa shape index (κ3) is 5.77. The molecule has 0 radical (unpaired) electrons. The standard InChI is InChI=1S/C27H36N2O5S/c1-26(2,3)35(32)28-24-23-15-20(18-34-17-19-6-9-22(33-4)10-7-19)5-8-21(23)16-27(24)11-13-29(14-12-27)25(30)31/h5-10,15,24,28H,11-14,16-18H2,1-4H3,(H,30,31)/t24-,35?/m1/s1. The van der Waals surface area contributed by atoms with Gasteiger partial charge < -0.3 is 24.0 Å². The molecule has 7 nitrogen and oxygen atoms in total. The summed E-state index contributed by atoms with van der Waals surface area (Å²) in [5.41, 5.74) is 4.42. The first-order chi connectivity index (χ1) is 16.6. The summed E-state index contributed by atoms with van der Waals surface area (Å²) in [6, 6.07) is 14.2. The molecule has 4 rings (SSSR count). The van der Waals surface area contributed by atoms with Crippen LogP contribution in [0, 0.1) is 5.41 Å². The number of benzene rings is 2. The number of piperidine rings is 1. The van der Waals surface area contributed by atoms with Crippen molar-refractivity contribution < 1.29 is 23.9 Å². The highest BCUT2D eigenvalue weighted by Gasteiger charge is 2.51. The zero-order chi connectivity index (χ0) is 25.2. The lowest BCUT2D eigenvalue weighted by Crippen LogP contribution is -2.50. The van der Waals surface area contributed by atoms with Crippen molar-refractivity contribution in [1.29, 1.82) is 0 Å². The van der Waals surface area contributed by atoms with E-state index in [2.05, 4.69) is 22.9 Å². The number of rotatable bonds is 7. The van der Waals surface area contributed by atoms with E-state index < -0.39 is 22.2 Å². The molecule has 1 saturated heterocycles. The van der Waals surface area contributed by atoms with Crippen molar-refractivity contribution in [1.82, 2.24) is 9.62 Å². The predicted octanol–water partition coefficient (Wildman–Crippen LogP) is 4.82. The summed E-state index contributed by atoms with van der Waals surface area (Å²) in [5.74, 6) is 0.821.